The number of hydrogen-bond acceptors (Lipinski definition) is 3. The molecule has 1 aliphatic rings. The van der Waals surface area contributed by atoms with Gasteiger partial charge in [0, 0.05) is 36.1 Å². The Labute approximate surface area is 184 Å². The van der Waals surface area contributed by atoms with Gasteiger partial charge in [-0.15, -0.1) is 0 Å². The Kier molecular flexibility index (Phi) is 6.66. The fourth-order valence-corrected chi connectivity index (χ4v) is 4.17. The van der Waals surface area contributed by atoms with Gasteiger partial charge in [-0.2, -0.15) is 0 Å². The summed E-state index contributed by atoms with van der Waals surface area (Å²) in [6.07, 6.45) is 7.44. The molecule has 0 amide bonds. The molecule has 3 nitrogen and oxygen atoms in total. The Balaban J connectivity index is 1.55. The van der Waals surface area contributed by atoms with Crippen molar-refractivity contribution >= 4 is 23.1 Å². The standard InChI is InChI=1S/C24H23ClF3N3/c25-23-14-30-24(31-20-4-2-1-3-5-20)12-22(23)16-8-19(28)11-21(9-16)29-13-15-6-17(26)10-18(27)7-15/h6-12,14,20,29H,1-5,13H2,(H,30,31). The van der Waals surface area contributed by atoms with Crippen molar-refractivity contribution in [3.8, 4) is 11.1 Å². The number of aromatic nitrogens is 1. The highest BCUT2D eigenvalue weighted by molar-refractivity contribution is 6.33. The molecular weight excluding hydrogens is 423 g/mol. The van der Waals surface area contributed by atoms with E-state index in [4.69, 9.17) is 11.6 Å². The van der Waals surface area contributed by atoms with Gasteiger partial charge >= 0.3 is 0 Å². The summed E-state index contributed by atoms with van der Waals surface area (Å²) in [6.45, 7) is 0.149. The Morgan fingerprint density at radius 3 is 2.32 bits per heavy atom. The second-order valence-corrected chi connectivity index (χ2v) is 8.30. The third kappa shape index (κ3) is 5.70. The summed E-state index contributed by atoms with van der Waals surface area (Å²) in [4.78, 5) is 4.37. The normalized spacial score (nSPS) is 14.5. The number of hydrogen-bond donors (Lipinski definition) is 2. The number of nitrogens with one attached hydrogen (secondary N) is 2. The summed E-state index contributed by atoms with van der Waals surface area (Å²) in [5.74, 6) is -1.04. The molecule has 1 fully saturated rings. The maximum absolute atomic E-state index is 14.3. The van der Waals surface area contributed by atoms with Crippen molar-refractivity contribution in [3.05, 3.63) is 76.7 Å². The van der Waals surface area contributed by atoms with Crippen LogP contribution in [0.1, 0.15) is 37.7 Å². The van der Waals surface area contributed by atoms with Gasteiger partial charge in [0.05, 0.1) is 5.02 Å². The van der Waals surface area contributed by atoms with Crippen molar-refractivity contribution in [1.29, 1.82) is 0 Å². The van der Waals surface area contributed by atoms with Crippen LogP contribution in [0.4, 0.5) is 24.7 Å². The molecule has 0 spiro atoms. The molecule has 0 unspecified atom stereocenters. The topological polar surface area (TPSA) is 37.0 Å². The van der Waals surface area contributed by atoms with E-state index in [1.54, 1.807) is 12.3 Å². The van der Waals surface area contributed by atoms with Crippen molar-refractivity contribution in [2.45, 2.75) is 44.7 Å². The van der Waals surface area contributed by atoms with Gasteiger partial charge in [0.1, 0.15) is 23.3 Å². The molecule has 3 aromatic rings. The second kappa shape index (κ2) is 9.60. The fourth-order valence-electron chi connectivity index (χ4n) is 3.96. The van der Waals surface area contributed by atoms with E-state index >= 15 is 0 Å². The number of anilines is 2. The molecule has 4 rings (SSSR count). The van der Waals surface area contributed by atoms with Gasteiger partial charge in [0.15, 0.2) is 0 Å². The van der Waals surface area contributed by atoms with Crippen LogP contribution in [-0.2, 0) is 6.54 Å². The number of pyridine rings is 1. The number of nitrogens with zero attached hydrogens (tertiary/aromatic N) is 1. The predicted molar refractivity (Wildman–Crippen MR) is 119 cm³/mol. The first-order chi connectivity index (χ1) is 15.0. The Morgan fingerprint density at radius 2 is 1.58 bits per heavy atom. The summed E-state index contributed by atoms with van der Waals surface area (Å²) in [6, 6.07) is 9.98. The zero-order valence-electron chi connectivity index (χ0n) is 16.9. The fraction of sp³-hybridized carbons (Fsp3) is 0.292. The first-order valence-electron chi connectivity index (χ1n) is 10.4. The summed E-state index contributed by atoms with van der Waals surface area (Å²) < 4.78 is 41.1. The van der Waals surface area contributed by atoms with E-state index < -0.39 is 17.5 Å². The number of benzene rings is 2. The molecule has 0 bridgehead atoms. The van der Waals surface area contributed by atoms with E-state index in [1.165, 1.54) is 43.5 Å². The third-order valence-electron chi connectivity index (χ3n) is 5.44. The van der Waals surface area contributed by atoms with Crippen LogP contribution in [0.5, 0.6) is 0 Å². The summed E-state index contributed by atoms with van der Waals surface area (Å²) in [5, 5.41) is 6.89. The molecule has 0 aliphatic heterocycles. The van der Waals surface area contributed by atoms with Crippen molar-refractivity contribution in [2.24, 2.45) is 0 Å². The lowest BCUT2D eigenvalue weighted by atomic mass is 9.95. The van der Waals surface area contributed by atoms with Crippen LogP contribution in [0, 0.1) is 17.5 Å². The molecule has 7 heteroatoms. The highest BCUT2D eigenvalue weighted by Crippen LogP contribution is 2.32. The van der Waals surface area contributed by atoms with Gasteiger partial charge in [0.25, 0.3) is 0 Å². The van der Waals surface area contributed by atoms with Crippen LogP contribution in [-0.4, -0.2) is 11.0 Å². The largest absolute Gasteiger partial charge is 0.381 e. The molecule has 1 aromatic heterocycles. The highest BCUT2D eigenvalue weighted by atomic mass is 35.5. The van der Waals surface area contributed by atoms with Crippen LogP contribution in [0.15, 0.2) is 48.7 Å². The van der Waals surface area contributed by atoms with E-state index in [0.29, 0.717) is 39.3 Å². The van der Waals surface area contributed by atoms with E-state index in [1.807, 2.05) is 6.07 Å². The lowest BCUT2D eigenvalue weighted by Gasteiger charge is -2.23. The van der Waals surface area contributed by atoms with E-state index in [2.05, 4.69) is 15.6 Å². The molecule has 0 saturated heterocycles. The molecule has 2 N–H and O–H groups in total. The lowest BCUT2D eigenvalue weighted by Crippen LogP contribution is -2.22. The van der Waals surface area contributed by atoms with Crippen molar-refractivity contribution in [3.63, 3.8) is 0 Å². The summed E-state index contributed by atoms with van der Waals surface area (Å²) in [5.41, 5.74) is 2.15. The highest BCUT2D eigenvalue weighted by Gasteiger charge is 2.15. The molecule has 1 saturated carbocycles. The molecule has 1 aliphatic carbocycles. The van der Waals surface area contributed by atoms with Crippen molar-refractivity contribution < 1.29 is 13.2 Å². The quantitative estimate of drug-likeness (QED) is 0.422. The first-order valence-corrected chi connectivity index (χ1v) is 10.8. The molecule has 0 atom stereocenters. The van der Waals surface area contributed by atoms with Crippen LogP contribution in [0.25, 0.3) is 11.1 Å². The van der Waals surface area contributed by atoms with E-state index in [0.717, 1.165) is 18.9 Å². The van der Waals surface area contributed by atoms with Crippen LogP contribution >= 0.6 is 11.6 Å². The van der Waals surface area contributed by atoms with Crippen molar-refractivity contribution in [2.75, 3.05) is 10.6 Å². The Bertz CT molecular complexity index is 1050. The van der Waals surface area contributed by atoms with Crippen LogP contribution < -0.4 is 10.6 Å². The van der Waals surface area contributed by atoms with Gasteiger partial charge < -0.3 is 10.6 Å². The van der Waals surface area contributed by atoms with Crippen LogP contribution in [0.2, 0.25) is 5.02 Å². The molecule has 1 heterocycles. The molecule has 0 radical (unpaired) electrons. The third-order valence-corrected chi connectivity index (χ3v) is 5.74. The SMILES string of the molecule is Fc1cc(F)cc(CNc2cc(F)cc(-c3cc(NC4CCCCC4)ncc3Cl)c2)c1. The minimum absolute atomic E-state index is 0.149. The minimum Gasteiger partial charge on any atom is -0.381 e. The van der Waals surface area contributed by atoms with Gasteiger partial charge in [-0.3, -0.25) is 0 Å². The maximum atomic E-state index is 14.3. The second-order valence-electron chi connectivity index (χ2n) is 7.89. The van der Waals surface area contributed by atoms with Crippen molar-refractivity contribution in [1.82, 2.24) is 4.98 Å². The van der Waals surface area contributed by atoms with Gasteiger partial charge in [0.2, 0.25) is 0 Å². The molecule has 31 heavy (non-hydrogen) atoms. The summed E-state index contributed by atoms with van der Waals surface area (Å²) in [7, 11) is 0. The minimum atomic E-state index is -0.654. The van der Waals surface area contributed by atoms with Gasteiger partial charge in [-0.05, 0) is 60.4 Å². The predicted octanol–water partition coefficient (Wildman–Crippen LogP) is 7.18. The average Bonchev–Trinajstić information content (AvgIpc) is 2.73. The van der Waals surface area contributed by atoms with Gasteiger partial charge in [-0.1, -0.05) is 30.9 Å². The van der Waals surface area contributed by atoms with E-state index in [9.17, 15) is 13.2 Å². The molecule has 2 aromatic carbocycles. The lowest BCUT2D eigenvalue weighted by molar-refractivity contribution is 0.462. The van der Waals surface area contributed by atoms with Crippen LogP contribution in [0.3, 0.4) is 0 Å². The summed E-state index contributed by atoms with van der Waals surface area (Å²) >= 11 is 6.37. The number of rotatable bonds is 6. The monoisotopic (exact) mass is 445 g/mol. The Morgan fingerprint density at radius 1 is 0.871 bits per heavy atom. The molecule has 162 valence electrons. The van der Waals surface area contributed by atoms with Gasteiger partial charge in [-0.25, -0.2) is 18.2 Å². The average molecular weight is 446 g/mol. The molecular formula is C24H23ClF3N3. The zero-order valence-corrected chi connectivity index (χ0v) is 17.7. The van der Waals surface area contributed by atoms with E-state index in [-0.39, 0.29) is 6.54 Å². The first kappa shape index (κ1) is 21.5. The number of halogens is 4. The Hall–Kier alpha value is -2.73. The maximum Gasteiger partial charge on any atom is 0.126 e. The smallest absolute Gasteiger partial charge is 0.126 e. The zero-order chi connectivity index (χ0) is 21.8.